The molecule has 132 valence electrons. The standard InChI is InChI=1S/C17H23BrN2O4/c1-16(2)17(9-11(17)10-24-16)20-15(21)19-13-8-12(18)4-5-14(13)23-7-6-22-3/h4-5,8,11H,6-7,9-10H2,1-3H3,(H2,19,20,21). The van der Waals surface area contributed by atoms with Crippen LogP contribution < -0.4 is 15.4 Å². The van der Waals surface area contributed by atoms with E-state index in [-0.39, 0.29) is 17.2 Å². The number of urea groups is 1. The molecule has 1 aliphatic carbocycles. The molecule has 3 rings (SSSR count). The average molecular weight is 399 g/mol. The summed E-state index contributed by atoms with van der Waals surface area (Å²) < 4.78 is 17.3. The predicted molar refractivity (Wildman–Crippen MR) is 94.5 cm³/mol. The van der Waals surface area contributed by atoms with E-state index in [1.54, 1.807) is 7.11 Å². The van der Waals surface area contributed by atoms with Crippen molar-refractivity contribution in [1.82, 2.24) is 5.32 Å². The number of fused-ring (bicyclic) bond motifs is 1. The molecular formula is C17H23BrN2O4. The van der Waals surface area contributed by atoms with Gasteiger partial charge in [0.1, 0.15) is 12.4 Å². The van der Waals surface area contributed by atoms with Gasteiger partial charge in [0.05, 0.1) is 30.0 Å². The summed E-state index contributed by atoms with van der Waals surface area (Å²) >= 11 is 3.42. The van der Waals surface area contributed by atoms with Crippen molar-refractivity contribution in [1.29, 1.82) is 0 Å². The Hall–Kier alpha value is -1.31. The van der Waals surface area contributed by atoms with Crippen molar-refractivity contribution in [3.05, 3.63) is 22.7 Å². The molecule has 2 amide bonds. The van der Waals surface area contributed by atoms with Gasteiger partial charge in [-0.05, 0) is 38.5 Å². The zero-order valence-corrected chi connectivity index (χ0v) is 15.7. The van der Waals surface area contributed by atoms with Crippen molar-refractivity contribution in [2.24, 2.45) is 5.92 Å². The van der Waals surface area contributed by atoms with Crippen LogP contribution in [0.15, 0.2) is 22.7 Å². The van der Waals surface area contributed by atoms with E-state index in [1.165, 1.54) is 0 Å². The van der Waals surface area contributed by atoms with Crippen LogP contribution >= 0.6 is 15.9 Å². The largest absolute Gasteiger partial charge is 0.489 e. The molecule has 2 unspecified atom stereocenters. The lowest BCUT2D eigenvalue weighted by molar-refractivity contribution is -0.00667. The molecule has 1 heterocycles. The van der Waals surface area contributed by atoms with Gasteiger partial charge in [-0.15, -0.1) is 0 Å². The Kier molecular flexibility index (Phi) is 4.77. The third-order valence-electron chi connectivity index (χ3n) is 4.90. The molecule has 2 fully saturated rings. The zero-order chi connectivity index (χ0) is 17.4. The van der Waals surface area contributed by atoms with Gasteiger partial charge < -0.3 is 24.8 Å². The first-order valence-corrected chi connectivity index (χ1v) is 8.82. The molecule has 2 aliphatic rings. The topological polar surface area (TPSA) is 68.8 Å². The number of ether oxygens (including phenoxy) is 3. The Morgan fingerprint density at radius 3 is 2.83 bits per heavy atom. The molecule has 0 bridgehead atoms. The van der Waals surface area contributed by atoms with Gasteiger partial charge in [0.2, 0.25) is 0 Å². The van der Waals surface area contributed by atoms with Crippen molar-refractivity contribution in [2.45, 2.75) is 31.4 Å². The molecule has 1 saturated carbocycles. The van der Waals surface area contributed by atoms with Crippen LogP contribution in [0, 0.1) is 5.92 Å². The molecular weight excluding hydrogens is 376 g/mol. The van der Waals surface area contributed by atoms with Crippen LogP contribution in [0.3, 0.4) is 0 Å². The molecule has 1 saturated heterocycles. The highest BCUT2D eigenvalue weighted by Crippen LogP contribution is 2.57. The number of hydrogen-bond donors (Lipinski definition) is 2. The van der Waals surface area contributed by atoms with Crippen LogP contribution in [0.1, 0.15) is 20.3 Å². The molecule has 2 N–H and O–H groups in total. The maximum atomic E-state index is 12.5. The summed E-state index contributed by atoms with van der Waals surface area (Å²) in [6.07, 6.45) is 0.961. The van der Waals surface area contributed by atoms with Crippen molar-refractivity contribution < 1.29 is 19.0 Å². The first kappa shape index (κ1) is 17.5. The van der Waals surface area contributed by atoms with Crippen LogP contribution in [0.4, 0.5) is 10.5 Å². The van der Waals surface area contributed by atoms with Crippen molar-refractivity contribution in [3.8, 4) is 5.75 Å². The highest BCUT2D eigenvalue weighted by atomic mass is 79.9. The van der Waals surface area contributed by atoms with Gasteiger partial charge in [0, 0.05) is 17.5 Å². The van der Waals surface area contributed by atoms with E-state index in [9.17, 15) is 4.79 Å². The van der Waals surface area contributed by atoms with Gasteiger partial charge in [-0.2, -0.15) is 0 Å². The molecule has 1 aromatic carbocycles. The molecule has 1 aliphatic heterocycles. The van der Waals surface area contributed by atoms with Crippen LogP contribution in [0.2, 0.25) is 0 Å². The minimum Gasteiger partial charge on any atom is -0.489 e. The van der Waals surface area contributed by atoms with E-state index in [0.29, 0.717) is 37.2 Å². The summed E-state index contributed by atoms with van der Waals surface area (Å²) in [5, 5.41) is 6.00. The molecule has 0 aromatic heterocycles. The minimum absolute atomic E-state index is 0.245. The second-order valence-corrected chi connectivity index (χ2v) is 7.67. The van der Waals surface area contributed by atoms with E-state index in [1.807, 2.05) is 32.0 Å². The van der Waals surface area contributed by atoms with Gasteiger partial charge in [-0.25, -0.2) is 4.79 Å². The lowest BCUT2D eigenvalue weighted by atomic mass is 9.96. The number of hydrogen-bond acceptors (Lipinski definition) is 4. The van der Waals surface area contributed by atoms with E-state index in [0.717, 1.165) is 10.9 Å². The number of carbonyl (C=O) groups excluding carboxylic acids is 1. The van der Waals surface area contributed by atoms with Gasteiger partial charge in [0.15, 0.2) is 0 Å². The average Bonchev–Trinajstić information content (AvgIpc) is 3.16. The summed E-state index contributed by atoms with van der Waals surface area (Å²) in [6.45, 7) is 5.66. The van der Waals surface area contributed by atoms with Crippen molar-refractivity contribution in [3.63, 3.8) is 0 Å². The predicted octanol–water partition coefficient (Wildman–Crippen LogP) is 3.16. The SMILES string of the molecule is COCCOc1ccc(Br)cc1NC(=O)NC12CC1COC2(C)C. The van der Waals surface area contributed by atoms with E-state index in [4.69, 9.17) is 14.2 Å². The highest BCUT2D eigenvalue weighted by Gasteiger charge is 2.69. The number of benzene rings is 1. The Balaban J connectivity index is 1.67. The van der Waals surface area contributed by atoms with Crippen LogP contribution in [-0.4, -0.2) is 44.1 Å². The third kappa shape index (κ3) is 3.25. The lowest BCUT2D eigenvalue weighted by Crippen LogP contribution is -2.52. The molecule has 7 heteroatoms. The summed E-state index contributed by atoms with van der Waals surface area (Å²) in [6, 6.07) is 5.26. The number of halogens is 1. The monoisotopic (exact) mass is 398 g/mol. The van der Waals surface area contributed by atoms with Crippen LogP contribution in [-0.2, 0) is 9.47 Å². The maximum absolute atomic E-state index is 12.5. The number of nitrogens with one attached hydrogen (secondary N) is 2. The Labute approximate surface area is 150 Å². The molecule has 24 heavy (non-hydrogen) atoms. The van der Waals surface area contributed by atoms with Gasteiger partial charge in [-0.3, -0.25) is 0 Å². The molecule has 2 atom stereocenters. The van der Waals surface area contributed by atoms with E-state index in [2.05, 4.69) is 26.6 Å². The second-order valence-electron chi connectivity index (χ2n) is 6.75. The van der Waals surface area contributed by atoms with Crippen molar-refractivity contribution in [2.75, 3.05) is 32.2 Å². The zero-order valence-electron chi connectivity index (χ0n) is 14.1. The third-order valence-corrected chi connectivity index (χ3v) is 5.39. The number of amides is 2. The lowest BCUT2D eigenvalue weighted by Gasteiger charge is -2.31. The smallest absolute Gasteiger partial charge is 0.319 e. The summed E-state index contributed by atoms with van der Waals surface area (Å²) in [5.41, 5.74) is 0.00726. The fraction of sp³-hybridized carbons (Fsp3) is 0.588. The fourth-order valence-corrected chi connectivity index (χ4v) is 3.69. The first-order chi connectivity index (χ1) is 11.4. The molecule has 0 spiro atoms. The molecule has 6 nitrogen and oxygen atoms in total. The Bertz CT molecular complexity index is 637. The molecule has 1 aromatic rings. The maximum Gasteiger partial charge on any atom is 0.319 e. The minimum atomic E-state index is -0.343. The van der Waals surface area contributed by atoms with Crippen LogP contribution in [0.25, 0.3) is 0 Å². The number of rotatable bonds is 6. The summed E-state index contributed by atoms with van der Waals surface area (Å²) in [7, 11) is 1.62. The quantitative estimate of drug-likeness (QED) is 0.722. The number of carbonyl (C=O) groups is 1. The number of anilines is 1. The summed E-state index contributed by atoms with van der Waals surface area (Å²) in [5.74, 6) is 1.01. The van der Waals surface area contributed by atoms with E-state index >= 15 is 0 Å². The first-order valence-electron chi connectivity index (χ1n) is 8.02. The Morgan fingerprint density at radius 1 is 1.42 bits per heavy atom. The fourth-order valence-electron chi connectivity index (χ4n) is 3.33. The van der Waals surface area contributed by atoms with E-state index < -0.39 is 0 Å². The van der Waals surface area contributed by atoms with Gasteiger partial charge in [-0.1, -0.05) is 15.9 Å². The Morgan fingerprint density at radius 2 is 2.21 bits per heavy atom. The number of methoxy groups -OCH3 is 1. The van der Waals surface area contributed by atoms with Gasteiger partial charge in [0.25, 0.3) is 0 Å². The normalized spacial score (nSPS) is 26.6. The van der Waals surface area contributed by atoms with Crippen LogP contribution in [0.5, 0.6) is 5.75 Å². The second kappa shape index (κ2) is 6.54. The van der Waals surface area contributed by atoms with Gasteiger partial charge >= 0.3 is 6.03 Å². The highest BCUT2D eigenvalue weighted by molar-refractivity contribution is 9.10. The molecule has 0 radical (unpaired) electrons. The summed E-state index contributed by atoms with van der Waals surface area (Å²) in [4.78, 5) is 12.5. The van der Waals surface area contributed by atoms with Crippen molar-refractivity contribution >= 4 is 27.6 Å².